The number of hydrogen-bond donors (Lipinski definition) is 2. The molecule has 1 rings (SSSR count). The van der Waals surface area contributed by atoms with Gasteiger partial charge < -0.3 is 10.6 Å². The first-order valence-electron chi connectivity index (χ1n) is 5.86. The second kappa shape index (κ2) is 7.69. The van der Waals surface area contributed by atoms with Crippen molar-refractivity contribution in [2.75, 3.05) is 13.1 Å². The lowest BCUT2D eigenvalue weighted by Crippen LogP contribution is -2.38. The minimum absolute atomic E-state index is 0.0966. The number of carbonyl (C=O) groups excluding carboxylic acids is 1. The van der Waals surface area contributed by atoms with Crippen molar-refractivity contribution < 1.29 is 4.79 Å². The molecule has 0 saturated heterocycles. The average Bonchev–Trinajstić information content (AvgIpc) is 2.70. The van der Waals surface area contributed by atoms with E-state index in [4.69, 9.17) is 11.6 Å². The quantitative estimate of drug-likeness (QED) is 0.802. The summed E-state index contributed by atoms with van der Waals surface area (Å²) in [4.78, 5) is 12.7. The van der Waals surface area contributed by atoms with E-state index in [2.05, 4.69) is 24.5 Å². The fourth-order valence-corrected chi connectivity index (χ4v) is 2.59. The minimum Gasteiger partial charge on any atom is -0.355 e. The predicted octanol–water partition coefficient (Wildman–Crippen LogP) is 2.45. The van der Waals surface area contributed by atoms with Crippen LogP contribution >= 0.6 is 22.9 Å². The fourth-order valence-electron chi connectivity index (χ4n) is 1.50. The van der Waals surface area contributed by atoms with Crippen LogP contribution in [-0.2, 0) is 11.2 Å². The highest BCUT2D eigenvalue weighted by Gasteiger charge is 2.06. The van der Waals surface area contributed by atoms with E-state index in [0.29, 0.717) is 19.0 Å². The Hall–Kier alpha value is -0.580. The fraction of sp³-hybridized carbons (Fsp3) is 0.583. The first-order chi connectivity index (χ1) is 8.11. The van der Waals surface area contributed by atoms with Crippen LogP contribution in [0.3, 0.4) is 0 Å². The number of thiophene rings is 1. The zero-order valence-electron chi connectivity index (χ0n) is 10.3. The Morgan fingerprint density at radius 2 is 2.29 bits per heavy atom. The number of carbonyl (C=O) groups is 1. The third kappa shape index (κ3) is 6.05. The molecule has 0 aromatic carbocycles. The van der Waals surface area contributed by atoms with Crippen molar-refractivity contribution in [3.63, 3.8) is 0 Å². The molecule has 1 aromatic heterocycles. The summed E-state index contributed by atoms with van der Waals surface area (Å²) < 4.78 is 0.779. The maximum atomic E-state index is 11.6. The van der Waals surface area contributed by atoms with Crippen molar-refractivity contribution in [2.24, 2.45) is 0 Å². The highest BCUT2D eigenvalue weighted by molar-refractivity contribution is 7.16. The van der Waals surface area contributed by atoms with Gasteiger partial charge in [-0.3, -0.25) is 4.79 Å². The Balaban J connectivity index is 2.17. The Bertz CT molecular complexity index is 354. The van der Waals surface area contributed by atoms with Gasteiger partial charge in [0.1, 0.15) is 0 Å². The summed E-state index contributed by atoms with van der Waals surface area (Å²) in [6, 6.07) is 4.16. The molecule has 17 heavy (non-hydrogen) atoms. The summed E-state index contributed by atoms with van der Waals surface area (Å²) in [5.41, 5.74) is 0. The van der Waals surface area contributed by atoms with Crippen LogP contribution in [-0.4, -0.2) is 25.0 Å². The molecule has 0 unspecified atom stereocenters. The molecule has 0 radical (unpaired) electrons. The standard InChI is InChI=1S/C12H19ClN2OS/c1-3-14-9(2)8-15-12(16)7-5-10-4-6-11(13)17-10/h4,6,9,14H,3,5,7-8H2,1-2H3,(H,15,16)/t9-/m1/s1. The Morgan fingerprint density at radius 1 is 1.53 bits per heavy atom. The van der Waals surface area contributed by atoms with Crippen molar-refractivity contribution in [3.8, 4) is 0 Å². The SMILES string of the molecule is CCN[C@H](C)CNC(=O)CCc1ccc(Cl)s1. The molecule has 3 nitrogen and oxygen atoms in total. The van der Waals surface area contributed by atoms with Crippen LogP contribution < -0.4 is 10.6 Å². The van der Waals surface area contributed by atoms with Crippen molar-refractivity contribution >= 4 is 28.8 Å². The van der Waals surface area contributed by atoms with Gasteiger partial charge in [-0.15, -0.1) is 11.3 Å². The summed E-state index contributed by atoms with van der Waals surface area (Å²) in [6.45, 7) is 5.71. The smallest absolute Gasteiger partial charge is 0.220 e. The molecular formula is C12H19ClN2OS. The van der Waals surface area contributed by atoms with Crippen molar-refractivity contribution in [1.82, 2.24) is 10.6 Å². The van der Waals surface area contributed by atoms with E-state index in [1.54, 1.807) is 0 Å². The van der Waals surface area contributed by atoms with Crippen molar-refractivity contribution in [1.29, 1.82) is 0 Å². The Kier molecular flexibility index (Phi) is 6.55. The van der Waals surface area contributed by atoms with E-state index in [0.717, 1.165) is 22.2 Å². The van der Waals surface area contributed by atoms with Gasteiger partial charge >= 0.3 is 0 Å². The maximum Gasteiger partial charge on any atom is 0.220 e. The molecule has 0 bridgehead atoms. The molecule has 0 aliphatic carbocycles. The number of likely N-dealkylation sites (N-methyl/N-ethyl adjacent to an activating group) is 1. The summed E-state index contributed by atoms with van der Waals surface area (Å²) in [7, 11) is 0. The van der Waals surface area contributed by atoms with Crippen molar-refractivity contribution in [2.45, 2.75) is 32.7 Å². The van der Waals surface area contributed by atoms with Gasteiger partial charge in [0.15, 0.2) is 0 Å². The van der Waals surface area contributed by atoms with Gasteiger partial charge in [-0.2, -0.15) is 0 Å². The maximum absolute atomic E-state index is 11.6. The zero-order valence-corrected chi connectivity index (χ0v) is 11.8. The molecule has 1 heterocycles. The largest absolute Gasteiger partial charge is 0.355 e. The van der Waals surface area contributed by atoms with Crippen LogP contribution in [0.15, 0.2) is 12.1 Å². The van der Waals surface area contributed by atoms with Crippen LogP contribution in [0.2, 0.25) is 4.34 Å². The minimum atomic E-state index is 0.0966. The van der Waals surface area contributed by atoms with Crippen LogP contribution in [0.25, 0.3) is 0 Å². The molecule has 0 saturated carbocycles. The van der Waals surface area contributed by atoms with Crippen molar-refractivity contribution in [3.05, 3.63) is 21.3 Å². The molecule has 0 spiro atoms. The molecule has 0 fully saturated rings. The summed E-state index contributed by atoms with van der Waals surface area (Å²) in [5, 5.41) is 6.16. The number of rotatable bonds is 7. The van der Waals surface area contributed by atoms with E-state index in [9.17, 15) is 4.79 Å². The topological polar surface area (TPSA) is 41.1 Å². The van der Waals surface area contributed by atoms with Crippen LogP contribution in [0, 0.1) is 0 Å². The molecule has 1 aromatic rings. The molecule has 1 atom stereocenters. The summed E-state index contributed by atoms with van der Waals surface area (Å²) in [6.07, 6.45) is 1.29. The van der Waals surface area contributed by atoms with Gasteiger partial charge in [0.05, 0.1) is 4.34 Å². The summed E-state index contributed by atoms with van der Waals surface area (Å²) >= 11 is 7.36. The molecule has 0 aliphatic rings. The number of amides is 1. The highest BCUT2D eigenvalue weighted by Crippen LogP contribution is 2.22. The Morgan fingerprint density at radius 3 is 2.88 bits per heavy atom. The average molecular weight is 275 g/mol. The van der Waals surface area contributed by atoms with E-state index in [1.807, 2.05) is 12.1 Å². The highest BCUT2D eigenvalue weighted by atomic mass is 35.5. The van der Waals surface area contributed by atoms with Crippen LogP contribution in [0.1, 0.15) is 25.1 Å². The molecule has 1 amide bonds. The predicted molar refractivity (Wildman–Crippen MR) is 73.8 cm³/mol. The van der Waals surface area contributed by atoms with Gasteiger partial charge in [0, 0.05) is 23.9 Å². The van der Waals surface area contributed by atoms with Gasteiger partial charge in [0.2, 0.25) is 5.91 Å². The number of hydrogen-bond acceptors (Lipinski definition) is 3. The molecular weight excluding hydrogens is 256 g/mol. The Labute approximate surface area is 112 Å². The van der Waals surface area contributed by atoms with E-state index in [-0.39, 0.29) is 5.91 Å². The number of aryl methyl sites for hydroxylation is 1. The lowest BCUT2D eigenvalue weighted by Gasteiger charge is -2.12. The van der Waals surface area contributed by atoms with Gasteiger partial charge in [-0.1, -0.05) is 18.5 Å². The normalized spacial score (nSPS) is 12.4. The molecule has 5 heteroatoms. The van der Waals surface area contributed by atoms with Gasteiger partial charge in [-0.05, 0) is 32.0 Å². The van der Waals surface area contributed by atoms with Crippen LogP contribution in [0.5, 0.6) is 0 Å². The lowest BCUT2D eigenvalue weighted by molar-refractivity contribution is -0.121. The first kappa shape index (κ1) is 14.5. The number of halogens is 1. The molecule has 0 aliphatic heterocycles. The summed E-state index contributed by atoms with van der Waals surface area (Å²) in [5.74, 6) is 0.0966. The molecule has 96 valence electrons. The van der Waals surface area contributed by atoms with E-state index >= 15 is 0 Å². The zero-order chi connectivity index (χ0) is 12.7. The van der Waals surface area contributed by atoms with Crippen LogP contribution in [0.4, 0.5) is 0 Å². The number of nitrogens with one attached hydrogen (secondary N) is 2. The second-order valence-corrected chi connectivity index (χ2v) is 5.77. The third-order valence-electron chi connectivity index (χ3n) is 2.39. The van der Waals surface area contributed by atoms with E-state index < -0.39 is 0 Å². The second-order valence-electron chi connectivity index (χ2n) is 3.97. The third-order valence-corrected chi connectivity index (χ3v) is 3.68. The molecule has 2 N–H and O–H groups in total. The monoisotopic (exact) mass is 274 g/mol. The van der Waals surface area contributed by atoms with Gasteiger partial charge in [-0.25, -0.2) is 0 Å². The lowest BCUT2D eigenvalue weighted by atomic mass is 10.2. The van der Waals surface area contributed by atoms with E-state index in [1.165, 1.54) is 11.3 Å². The van der Waals surface area contributed by atoms with Gasteiger partial charge in [0.25, 0.3) is 0 Å². The first-order valence-corrected chi connectivity index (χ1v) is 7.05.